The number of aryl methyl sites for hydroxylation is 2. The SMILES string of the molecule is Cc1cc(C)cc(CC(C#N)C(=O)O)c1. The Morgan fingerprint density at radius 1 is 1.40 bits per heavy atom. The van der Waals surface area contributed by atoms with Crippen molar-refractivity contribution >= 4 is 5.97 Å². The van der Waals surface area contributed by atoms with Crippen LogP contribution >= 0.6 is 0 Å². The first kappa shape index (κ1) is 11.3. The van der Waals surface area contributed by atoms with Gasteiger partial charge < -0.3 is 5.11 Å². The third-order valence-electron chi connectivity index (χ3n) is 2.18. The zero-order valence-electron chi connectivity index (χ0n) is 8.82. The van der Waals surface area contributed by atoms with Crippen molar-refractivity contribution in [3.8, 4) is 6.07 Å². The average molecular weight is 203 g/mol. The van der Waals surface area contributed by atoms with E-state index in [0.717, 1.165) is 16.7 Å². The molecule has 0 saturated heterocycles. The fraction of sp³-hybridized carbons (Fsp3) is 0.333. The Morgan fingerprint density at radius 3 is 2.33 bits per heavy atom. The Morgan fingerprint density at radius 2 is 1.93 bits per heavy atom. The molecule has 0 aliphatic heterocycles. The van der Waals surface area contributed by atoms with Crippen LogP contribution in [0.15, 0.2) is 18.2 Å². The molecule has 1 aromatic rings. The number of nitrogens with zero attached hydrogens (tertiary/aromatic N) is 1. The highest BCUT2D eigenvalue weighted by Crippen LogP contribution is 2.13. The van der Waals surface area contributed by atoms with Gasteiger partial charge in [-0.2, -0.15) is 5.26 Å². The molecule has 1 atom stereocenters. The van der Waals surface area contributed by atoms with Crippen molar-refractivity contribution in [3.05, 3.63) is 34.9 Å². The second-order valence-corrected chi connectivity index (χ2v) is 3.72. The molecule has 1 aromatic carbocycles. The number of aliphatic carboxylic acids is 1. The molecule has 1 rings (SSSR count). The van der Waals surface area contributed by atoms with Gasteiger partial charge in [0.1, 0.15) is 5.92 Å². The fourth-order valence-corrected chi connectivity index (χ4v) is 1.61. The molecular formula is C12H13NO2. The number of benzene rings is 1. The third-order valence-corrected chi connectivity index (χ3v) is 2.18. The second kappa shape index (κ2) is 4.61. The van der Waals surface area contributed by atoms with Gasteiger partial charge in [0.15, 0.2) is 0 Å². The smallest absolute Gasteiger partial charge is 0.321 e. The van der Waals surface area contributed by atoms with Gasteiger partial charge in [-0.15, -0.1) is 0 Å². The lowest BCUT2D eigenvalue weighted by atomic mass is 9.98. The van der Waals surface area contributed by atoms with Crippen molar-refractivity contribution in [3.63, 3.8) is 0 Å². The molecule has 3 heteroatoms. The quantitative estimate of drug-likeness (QED) is 0.818. The van der Waals surface area contributed by atoms with Crippen LogP contribution in [0, 0.1) is 31.1 Å². The first-order valence-corrected chi connectivity index (χ1v) is 4.72. The molecule has 0 aliphatic carbocycles. The predicted octanol–water partition coefficient (Wildman–Crippen LogP) is 2.07. The second-order valence-electron chi connectivity index (χ2n) is 3.72. The molecule has 0 aromatic heterocycles. The third kappa shape index (κ3) is 3.10. The summed E-state index contributed by atoms with van der Waals surface area (Å²) in [6, 6.07) is 7.64. The van der Waals surface area contributed by atoms with E-state index in [2.05, 4.69) is 0 Å². The van der Waals surface area contributed by atoms with Gasteiger partial charge in [0.05, 0.1) is 6.07 Å². The molecule has 3 nitrogen and oxygen atoms in total. The molecular weight excluding hydrogens is 190 g/mol. The normalized spacial score (nSPS) is 11.8. The van der Waals surface area contributed by atoms with Crippen LogP contribution < -0.4 is 0 Å². The zero-order chi connectivity index (χ0) is 11.4. The van der Waals surface area contributed by atoms with Gasteiger partial charge in [0.25, 0.3) is 0 Å². The Hall–Kier alpha value is -1.82. The fourth-order valence-electron chi connectivity index (χ4n) is 1.61. The number of hydrogen-bond donors (Lipinski definition) is 1. The van der Waals surface area contributed by atoms with Gasteiger partial charge in [0.2, 0.25) is 0 Å². The van der Waals surface area contributed by atoms with Crippen LogP contribution in [0.25, 0.3) is 0 Å². The lowest BCUT2D eigenvalue weighted by Crippen LogP contribution is -2.14. The number of carboxylic acids is 1. The Labute approximate surface area is 89.0 Å². The van der Waals surface area contributed by atoms with E-state index in [1.165, 1.54) is 0 Å². The minimum Gasteiger partial charge on any atom is -0.480 e. The minimum atomic E-state index is -1.06. The summed E-state index contributed by atoms with van der Waals surface area (Å²) in [5, 5.41) is 17.4. The van der Waals surface area contributed by atoms with Gasteiger partial charge in [0, 0.05) is 0 Å². The summed E-state index contributed by atoms with van der Waals surface area (Å²) in [6.45, 7) is 3.91. The van der Waals surface area contributed by atoms with E-state index in [9.17, 15) is 4.79 Å². The number of carboxylic acid groups (broad SMARTS) is 1. The van der Waals surface area contributed by atoms with E-state index in [0.29, 0.717) is 0 Å². The molecule has 1 unspecified atom stereocenters. The zero-order valence-corrected chi connectivity index (χ0v) is 8.82. The van der Waals surface area contributed by atoms with Gasteiger partial charge in [-0.25, -0.2) is 0 Å². The van der Waals surface area contributed by atoms with Crippen molar-refractivity contribution < 1.29 is 9.90 Å². The predicted molar refractivity (Wildman–Crippen MR) is 56.4 cm³/mol. The van der Waals surface area contributed by atoms with E-state index in [1.807, 2.05) is 32.0 Å². The highest BCUT2D eigenvalue weighted by Gasteiger charge is 2.16. The van der Waals surface area contributed by atoms with Gasteiger partial charge in [-0.05, 0) is 25.8 Å². The van der Waals surface area contributed by atoms with E-state index in [1.54, 1.807) is 6.07 Å². The molecule has 0 aliphatic rings. The molecule has 0 radical (unpaired) electrons. The van der Waals surface area contributed by atoms with E-state index < -0.39 is 11.9 Å². The van der Waals surface area contributed by atoms with E-state index in [-0.39, 0.29) is 6.42 Å². The van der Waals surface area contributed by atoms with Crippen molar-refractivity contribution in [2.45, 2.75) is 20.3 Å². The van der Waals surface area contributed by atoms with Gasteiger partial charge >= 0.3 is 5.97 Å². The first-order valence-electron chi connectivity index (χ1n) is 4.72. The summed E-state index contributed by atoms with van der Waals surface area (Å²) in [6.07, 6.45) is 0.272. The van der Waals surface area contributed by atoms with Crippen molar-refractivity contribution in [2.75, 3.05) is 0 Å². The van der Waals surface area contributed by atoms with Gasteiger partial charge in [-0.1, -0.05) is 29.3 Å². The van der Waals surface area contributed by atoms with Crippen molar-refractivity contribution in [2.24, 2.45) is 5.92 Å². The molecule has 0 spiro atoms. The van der Waals surface area contributed by atoms with E-state index >= 15 is 0 Å². The number of nitriles is 1. The highest BCUT2D eigenvalue weighted by molar-refractivity contribution is 5.73. The summed E-state index contributed by atoms with van der Waals surface area (Å²) in [5.41, 5.74) is 3.08. The standard InChI is InChI=1S/C12H13NO2/c1-8-3-9(2)5-10(4-8)6-11(7-13)12(14)15/h3-5,11H,6H2,1-2H3,(H,14,15). The van der Waals surface area contributed by atoms with Crippen LogP contribution in [0.5, 0.6) is 0 Å². The maximum absolute atomic E-state index is 10.7. The Kier molecular flexibility index (Phi) is 3.46. The summed E-state index contributed by atoms with van der Waals surface area (Å²) in [5.74, 6) is -2.01. The molecule has 15 heavy (non-hydrogen) atoms. The summed E-state index contributed by atoms with van der Waals surface area (Å²) in [7, 11) is 0. The van der Waals surface area contributed by atoms with Gasteiger partial charge in [-0.3, -0.25) is 4.79 Å². The topological polar surface area (TPSA) is 61.1 Å². The van der Waals surface area contributed by atoms with Crippen molar-refractivity contribution in [1.29, 1.82) is 5.26 Å². The molecule has 78 valence electrons. The minimum absolute atomic E-state index is 0.272. The lowest BCUT2D eigenvalue weighted by molar-refractivity contribution is -0.139. The Bertz CT molecular complexity index is 398. The molecule has 0 fully saturated rings. The Balaban J connectivity index is 2.89. The average Bonchev–Trinajstić information content (AvgIpc) is 2.12. The summed E-state index contributed by atoms with van der Waals surface area (Å²) >= 11 is 0. The highest BCUT2D eigenvalue weighted by atomic mass is 16.4. The maximum atomic E-state index is 10.7. The first-order chi connectivity index (χ1) is 7.02. The van der Waals surface area contributed by atoms with Crippen LogP contribution in [-0.2, 0) is 11.2 Å². The lowest BCUT2D eigenvalue weighted by Gasteiger charge is -2.06. The van der Waals surface area contributed by atoms with Crippen LogP contribution in [0.1, 0.15) is 16.7 Å². The molecule has 0 bridgehead atoms. The molecule has 0 heterocycles. The maximum Gasteiger partial charge on any atom is 0.321 e. The van der Waals surface area contributed by atoms with Crippen LogP contribution in [-0.4, -0.2) is 11.1 Å². The number of carbonyl (C=O) groups is 1. The van der Waals surface area contributed by atoms with Crippen LogP contribution in [0.4, 0.5) is 0 Å². The molecule has 0 saturated carbocycles. The largest absolute Gasteiger partial charge is 0.480 e. The molecule has 0 amide bonds. The number of hydrogen-bond acceptors (Lipinski definition) is 2. The monoisotopic (exact) mass is 203 g/mol. The van der Waals surface area contributed by atoms with Crippen molar-refractivity contribution in [1.82, 2.24) is 0 Å². The number of rotatable bonds is 3. The van der Waals surface area contributed by atoms with E-state index in [4.69, 9.17) is 10.4 Å². The van der Waals surface area contributed by atoms with Crippen LogP contribution in [0.3, 0.4) is 0 Å². The summed E-state index contributed by atoms with van der Waals surface area (Å²) in [4.78, 5) is 10.7. The summed E-state index contributed by atoms with van der Waals surface area (Å²) < 4.78 is 0. The molecule has 1 N–H and O–H groups in total. The van der Waals surface area contributed by atoms with Crippen LogP contribution in [0.2, 0.25) is 0 Å².